The fourth-order valence-corrected chi connectivity index (χ4v) is 2.39. The summed E-state index contributed by atoms with van der Waals surface area (Å²) in [5.41, 5.74) is 6.56. The number of hydrogen-bond donors (Lipinski definition) is 1. The minimum atomic E-state index is -0.600. The molecule has 0 saturated heterocycles. The van der Waals surface area contributed by atoms with Gasteiger partial charge in [-0.2, -0.15) is 5.10 Å². The first kappa shape index (κ1) is 13.9. The molecule has 22 heavy (non-hydrogen) atoms. The van der Waals surface area contributed by atoms with Crippen molar-refractivity contribution < 1.29 is 4.79 Å². The van der Waals surface area contributed by atoms with Gasteiger partial charge in [0.25, 0.3) is 5.56 Å². The van der Waals surface area contributed by atoms with Crippen molar-refractivity contribution in [3.63, 3.8) is 0 Å². The van der Waals surface area contributed by atoms with Gasteiger partial charge in [0.1, 0.15) is 6.54 Å². The van der Waals surface area contributed by atoms with Crippen molar-refractivity contribution >= 4 is 16.7 Å². The van der Waals surface area contributed by atoms with E-state index in [1.54, 1.807) is 24.5 Å². The second kappa shape index (κ2) is 5.77. The van der Waals surface area contributed by atoms with Crippen molar-refractivity contribution in [1.82, 2.24) is 14.8 Å². The summed E-state index contributed by atoms with van der Waals surface area (Å²) < 4.78 is 1.12. The van der Waals surface area contributed by atoms with E-state index in [1.165, 1.54) is 0 Å². The number of amides is 1. The molecule has 0 aliphatic carbocycles. The minimum absolute atomic E-state index is 0.232. The monoisotopic (exact) mass is 294 g/mol. The summed E-state index contributed by atoms with van der Waals surface area (Å²) in [6.07, 6.45) is 3.97. The average Bonchev–Trinajstić information content (AvgIpc) is 2.52. The van der Waals surface area contributed by atoms with Crippen molar-refractivity contribution in [2.75, 3.05) is 0 Å². The Kier molecular flexibility index (Phi) is 3.65. The zero-order chi connectivity index (χ0) is 15.5. The summed E-state index contributed by atoms with van der Waals surface area (Å²) >= 11 is 0. The maximum atomic E-state index is 12.3. The zero-order valence-electron chi connectivity index (χ0n) is 11.8. The summed E-state index contributed by atoms with van der Waals surface area (Å²) in [6.45, 7) is -0.232. The van der Waals surface area contributed by atoms with E-state index in [2.05, 4.69) is 10.1 Å². The Morgan fingerprint density at radius 3 is 2.59 bits per heavy atom. The molecule has 0 fully saturated rings. The smallest absolute Gasteiger partial charge is 0.275 e. The quantitative estimate of drug-likeness (QED) is 0.773. The van der Waals surface area contributed by atoms with Crippen LogP contribution in [-0.4, -0.2) is 20.7 Å². The highest BCUT2D eigenvalue weighted by Crippen LogP contribution is 2.16. The number of aromatic nitrogens is 3. The molecule has 0 bridgehead atoms. The van der Waals surface area contributed by atoms with E-state index >= 15 is 0 Å². The minimum Gasteiger partial charge on any atom is -0.368 e. The van der Waals surface area contributed by atoms with E-state index in [0.29, 0.717) is 17.5 Å². The Morgan fingerprint density at radius 1 is 1.14 bits per heavy atom. The molecule has 6 nitrogen and oxygen atoms in total. The Hall–Kier alpha value is -3.02. The Labute approximate surface area is 126 Å². The molecule has 1 aromatic carbocycles. The van der Waals surface area contributed by atoms with Gasteiger partial charge in [-0.25, -0.2) is 4.68 Å². The van der Waals surface area contributed by atoms with E-state index in [4.69, 9.17) is 5.73 Å². The maximum absolute atomic E-state index is 12.3. The first-order chi connectivity index (χ1) is 10.6. The Bertz CT molecular complexity index is 888. The second-order valence-electron chi connectivity index (χ2n) is 4.96. The van der Waals surface area contributed by atoms with E-state index in [-0.39, 0.29) is 12.1 Å². The highest BCUT2D eigenvalue weighted by atomic mass is 16.2. The molecule has 0 atom stereocenters. The van der Waals surface area contributed by atoms with Gasteiger partial charge in [-0.15, -0.1) is 0 Å². The number of carbonyl (C=O) groups is 1. The molecule has 2 heterocycles. The zero-order valence-corrected chi connectivity index (χ0v) is 11.8. The lowest BCUT2D eigenvalue weighted by molar-refractivity contribution is -0.118. The van der Waals surface area contributed by atoms with Gasteiger partial charge in [0.2, 0.25) is 5.91 Å². The summed E-state index contributed by atoms with van der Waals surface area (Å²) in [6, 6.07) is 11.0. The van der Waals surface area contributed by atoms with Crippen molar-refractivity contribution in [3.8, 4) is 0 Å². The van der Waals surface area contributed by atoms with E-state index in [9.17, 15) is 9.59 Å². The number of rotatable bonds is 4. The van der Waals surface area contributed by atoms with E-state index in [0.717, 1.165) is 15.6 Å². The van der Waals surface area contributed by atoms with Gasteiger partial charge in [0.05, 0.1) is 11.1 Å². The Balaban J connectivity index is 2.17. The predicted molar refractivity (Wildman–Crippen MR) is 82.2 cm³/mol. The van der Waals surface area contributed by atoms with Crippen LogP contribution in [-0.2, 0) is 17.8 Å². The summed E-state index contributed by atoms with van der Waals surface area (Å²) in [5, 5.41) is 5.61. The lowest BCUT2D eigenvalue weighted by Crippen LogP contribution is -2.31. The molecule has 6 heteroatoms. The van der Waals surface area contributed by atoms with Gasteiger partial charge >= 0.3 is 0 Å². The van der Waals surface area contributed by atoms with Gasteiger partial charge in [0, 0.05) is 24.2 Å². The summed E-state index contributed by atoms with van der Waals surface area (Å²) in [7, 11) is 0. The van der Waals surface area contributed by atoms with Crippen LogP contribution >= 0.6 is 0 Å². The van der Waals surface area contributed by atoms with Crippen LogP contribution in [0.2, 0.25) is 0 Å². The first-order valence-electron chi connectivity index (χ1n) is 6.81. The van der Waals surface area contributed by atoms with Crippen LogP contribution in [0.1, 0.15) is 11.3 Å². The topological polar surface area (TPSA) is 90.9 Å². The highest BCUT2D eigenvalue weighted by molar-refractivity contribution is 5.84. The predicted octanol–water partition coefficient (Wildman–Crippen LogP) is 0.868. The van der Waals surface area contributed by atoms with Gasteiger partial charge in [0.15, 0.2) is 0 Å². The fraction of sp³-hybridized carbons (Fsp3) is 0.125. The van der Waals surface area contributed by atoms with Crippen molar-refractivity contribution in [3.05, 3.63) is 70.4 Å². The third-order valence-electron chi connectivity index (χ3n) is 3.34. The van der Waals surface area contributed by atoms with Crippen LogP contribution in [0.25, 0.3) is 10.8 Å². The second-order valence-corrected chi connectivity index (χ2v) is 4.96. The fourth-order valence-electron chi connectivity index (χ4n) is 2.39. The molecular formula is C16H14N4O2. The third-order valence-corrected chi connectivity index (χ3v) is 3.34. The number of pyridine rings is 1. The summed E-state index contributed by atoms with van der Waals surface area (Å²) in [5.74, 6) is -0.600. The molecule has 0 aliphatic heterocycles. The number of benzene rings is 1. The first-order valence-corrected chi connectivity index (χ1v) is 6.81. The number of nitrogens with zero attached hydrogens (tertiary/aromatic N) is 3. The van der Waals surface area contributed by atoms with Gasteiger partial charge in [-0.05, 0) is 17.7 Å². The van der Waals surface area contributed by atoms with Crippen LogP contribution < -0.4 is 11.3 Å². The lowest BCUT2D eigenvalue weighted by atomic mass is 10.1. The van der Waals surface area contributed by atoms with Crippen molar-refractivity contribution in [2.45, 2.75) is 13.0 Å². The molecule has 0 aliphatic rings. The molecule has 3 aromatic rings. The molecule has 0 spiro atoms. The van der Waals surface area contributed by atoms with Gasteiger partial charge < -0.3 is 5.73 Å². The maximum Gasteiger partial charge on any atom is 0.275 e. The van der Waals surface area contributed by atoms with Crippen molar-refractivity contribution in [1.29, 1.82) is 0 Å². The van der Waals surface area contributed by atoms with Crippen molar-refractivity contribution in [2.24, 2.45) is 5.73 Å². The average molecular weight is 294 g/mol. The Morgan fingerprint density at radius 2 is 1.91 bits per heavy atom. The van der Waals surface area contributed by atoms with E-state index < -0.39 is 5.91 Å². The molecule has 2 aromatic heterocycles. The number of fused-ring (bicyclic) bond motifs is 1. The van der Waals surface area contributed by atoms with Crippen LogP contribution in [0.5, 0.6) is 0 Å². The SMILES string of the molecule is NC(=O)Cn1nc(Cc2cccnc2)c2ccccc2c1=O. The molecule has 110 valence electrons. The molecule has 3 rings (SSSR count). The summed E-state index contributed by atoms with van der Waals surface area (Å²) in [4.78, 5) is 27.6. The van der Waals surface area contributed by atoms with Crippen LogP contribution in [0.4, 0.5) is 0 Å². The van der Waals surface area contributed by atoms with Crippen LogP contribution in [0, 0.1) is 0 Å². The highest BCUT2D eigenvalue weighted by Gasteiger charge is 2.12. The molecule has 2 N–H and O–H groups in total. The number of primary amides is 1. The largest absolute Gasteiger partial charge is 0.368 e. The standard InChI is InChI=1S/C16H14N4O2/c17-15(21)10-20-16(22)13-6-2-1-5-12(13)14(19-20)8-11-4-3-7-18-9-11/h1-7,9H,8,10H2,(H2,17,21). The van der Waals surface area contributed by atoms with E-state index in [1.807, 2.05) is 24.3 Å². The third kappa shape index (κ3) is 2.71. The van der Waals surface area contributed by atoms with Crippen LogP contribution in [0.3, 0.4) is 0 Å². The number of nitrogens with two attached hydrogens (primary N) is 1. The number of hydrogen-bond acceptors (Lipinski definition) is 4. The molecular weight excluding hydrogens is 280 g/mol. The van der Waals surface area contributed by atoms with Crippen LogP contribution in [0.15, 0.2) is 53.6 Å². The van der Waals surface area contributed by atoms with Gasteiger partial charge in [-0.1, -0.05) is 24.3 Å². The molecule has 0 saturated carbocycles. The van der Waals surface area contributed by atoms with Gasteiger partial charge in [-0.3, -0.25) is 14.6 Å². The normalized spacial score (nSPS) is 10.7. The number of carbonyl (C=O) groups excluding carboxylic acids is 1. The molecule has 0 unspecified atom stereocenters. The molecule has 1 amide bonds. The lowest BCUT2D eigenvalue weighted by Gasteiger charge is -2.10. The molecule has 0 radical (unpaired) electrons.